The van der Waals surface area contributed by atoms with E-state index in [1.165, 1.54) is 29.6 Å². The molecular weight excluding hydrogens is 184 g/mol. The molecule has 0 aromatic heterocycles. The van der Waals surface area contributed by atoms with Gasteiger partial charge in [-0.15, -0.1) is 0 Å². The molecule has 14 heavy (non-hydrogen) atoms. The predicted octanol–water partition coefficient (Wildman–Crippen LogP) is 4.34. The summed E-state index contributed by atoms with van der Waals surface area (Å²) in [5.41, 5.74) is 0. The smallest absolute Gasteiger partial charge is 0.0579 e. The van der Waals surface area contributed by atoms with Crippen LogP contribution in [0.15, 0.2) is 0 Å². The third kappa shape index (κ3) is 3.76. The Bertz CT molecular complexity index is 106. The van der Waals surface area contributed by atoms with Crippen LogP contribution >= 0.6 is 0 Å². The average Bonchev–Trinajstić information content (AvgIpc) is 2.23. The first kappa shape index (κ1) is 14.2. The zero-order valence-corrected chi connectivity index (χ0v) is 12.0. The van der Waals surface area contributed by atoms with Gasteiger partial charge in [-0.25, -0.2) is 0 Å². The third-order valence-electron chi connectivity index (χ3n) is 2.81. The topological polar surface area (TPSA) is 0 Å². The van der Waals surface area contributed by atoms with Crippen LogP contribution in [0.25, 0.3) is 0 Å². The maximum Gasteiger partial charge on any atom is 0.304 e. The quantitative estimate of drug-likeness (QED) is 0.519. The second-order valence-electron chi connectivity index (χ2n) is 4.62. The lowest BCUT2D eigenvalue weighted by Gasteiger charge is -2.12. The summed E-state index contributed by atoms with van der Waals surface area (Å²) in [5.74, 6) is 7.34. The molecule has 0 saturated heterocycles. The van der Waals surface area contributed by atoms with Crippen LogP contribution in [-0.2, 0) is 0 Å². The summed E-state index contributed by atoms with van der Waals surface area (Å²) < 4.78 is 0. The van der Waals surface area contributed by atoms with Crippen LogP contribution in [0.2, 0.25) is 19.6 Å². The molecule has 0 heterocycles. The van der Waals surface area contributed by atoms with Gasteiger partial charge in [-0.1, -0.05) is 34.6 Å². The predicted molar refractivity (Wildman–Crippen MR) is 67.9 cm³/mol. The normalized spacial score (nSPS) is 22.3. The lowest BCUT2D eigenvalue weighted by Crippen LogP contribution is -2.00. The molecule has 0 atom stereocenters. The van der Waals surface area contributed by atoms with Crippen LogP contribution in [0.4, 0.5) is 0 Å². The van der Waals surface area contributed by atoms with Crippen LogP contribution in [-0.4, -0.2) is 8.80 Å². The van der Waals surface area contributed by atoms with Crippen molar-refractivity contribution in [2.45, 2.75) is 54.3 Å². The summed E-state index contributed by atoms with van der Waals surface area (Å²) in [4.78, 5) is 0. The molecule has 0 unspecified atom stereocenters. The Balaban J connectivity index is 0.000000364. The highest BCUT2D eigenvalue weighted by Crippen LogP contribution is 2.51. The Hall–Kier alpha value is 0.217. The van der Waals surface area contributed by atoms with Gasteiger partial charge in [0.1, 0.15) is 0 Å². The number of hydrogen-bond acceptors (Lipinski definition) is 0. The lowest BCUT2D eigenvalue weighted by atomic mass is 9.92. The summed E-state index contributed by atoms with van der Waals surface area (Å²) in [6.45, 7) is 17.8. The molecule has 0 aliphatic heterocycles. The highest BCUT2D eigenvalue weighted by Gasteiger charge is 2.40. The Kier molecular flexibility index (Phi) is 6.04. The fraction of sp³-hybridized carbons (Fsp3) is 0.615. The molecule has 0 aromatic carbocycles. The molecule has 0 nitrogen and oxygen atoms in total. The van der Waals surface area contributed by atoms with Crippen LogP contribution < -0.4 is 0 Å². The molecule has 0 aromatic rings. The summed E-state index contributed by atoms with van der Waals surface area (Å²) in [5, 5.41) is 0. The minimum atomic E-state index is 0.120. The largest absolute Gasteiger partial charge is 0.304 e. The van der Waals surface area contributed by atoms with E-state index in [-0.39, 0.29) is 8.80 Å². The average molecular weight is 208 g/mol. The van der Waals surface area contributed by atoms with E-state index in [0.29, 0.717) is 0 Å². The molecule has 1 heteroatoms. The van der Waals surface area contributed by atoms with Crippen molar-refractivity contribution in [2.24, 2.45) is 0 Å². The van der Waals surface area contributed by atoms with Gasteiger partial charge in [0.15, 0.2) is 0 Å². The SMILES string of the molecule is C[C]1[C](C)[C](C)[C](C)[C]1C.C[Si+](C)C. The van der Waals surface area contributed by atoms with E-state index in [9.17, 15) is 0 Å². The Morgan fingerprint density at radius 2 is 0.571 bits per heavy atom. The monoisotopic (exact) mass is 208 g/mol. The molecular formula is C13H24Si+. The Morgan fingerprint density at radius 3 is 0.643 bits per heavy atom. The van der Waals surface area contributed by atoms with Gasteiger partial charge < -0.3 is 0 Å². The van der Waals surface area contributed by atoms with Gasteiger partial charge in [0.2, 0.25) is 0 Å². The van der Waals surface area contributed by atoms with Crippen molar-refractivity contribution in [3.63, 3.8) is 0 Å². The number of rotatable bonds is 0. The van der Waals surface area contributed by atoms with Crippen molar-refractivity contribution >= 4 is 8.80 Å². The summed E-state index contributed by atoms with van der Waals surface area (Å²) in [6, 6.07) is 0. The first-order valence-electron chi connectivity index (χ1n) is 5.25. The standard InChI is InChI=1S/C10H15.C3H9Si/c1-6-7(2)9(4)10(5)8(6)3;1-4(2)3/h1-5H3;1-3H3/q;+1. The van der Waals surface area contributed by atoms with Gasteiger partial charge in [-0.2, -0.15) is 0 Å². The Labute approximate surface area is 93.1 Å². The van der Waals surface area contributed by atoms with Crippen molar-refractivity contribution in [1.82, 2.24) is 0 Å². The molecule has 79 valence electrons. The van der Waals surface area contributed by atoms with Gasteiger partial charge in [-0.3, -0.25) is 0 Å². The molecule has 0 amide bonds. The van der Waals surface area contributed by atoms with Gasteiger partial charge in [0, 0.05) is 0 Å². The molecule has 5 radical (unpaired) electrons. The zero-order chi connectivity index (χ0) is 11.5. The van der Waals surface area contributed by atoms with Crippen LogP contribution in [0, 0.1) is 29.6 Å². The molecule has 1 aliphatic carbocycles. The molecule has 1 aliphatic rings. The van der Waals surface area contributed by atoms with Gasteiger partial charge >= 0.3 is 8.80 Å². The van der Waals surface area contributed by atoms with Crippen molar-refractivity contribution < 1.29 is 0 Å². The van der Waals surface area contributed by atoms with Crippen LogP contribution in [0.5, 0.6) is 0 Å². The summed E-state index contributed by atoms with van der Waals surface area (Å²) in [6.07, 6.45) is 0. The van der Waals surface area contributed by atoms with Crippen molar-refractivity contribution in [2.75, 3.05) is 0 Å². The van der Waals surface area contributed by atoms with Crippen molar-refractivity contribution in [3.8, 4) is 0 Å². The summed E-state index contributed by atoms with van der Waals surface area (Å²) in [7, 11) is 0.120. The maximum absolute atomic E-state index is 2.27. The van der Waals surface area contributed by atoms with Gasteiger partial charge in [0.25, 0.3) is 0 Å². The highest BCUT2D eigenvalue weighted by molar-refractivity contribution is 6.54. The van der Waals surface area contributed by atoms with E-state index < -0.39 is 0 Å². The lowest BCUT2D eigenvalue weighted by molar-refractivity contribution is 0.973. The minimum absolute atomic E-state index is 0.120. The zero-order valence-electron chi connectivity index (χ0n) is 11.0. The molecule has 1 rings (SSSR count). The van der Waals surface area contributed by atoms with E-state index in [1.807, 2.05) is 0 Å². The van der Waals surface area contributed by atoms with E-state index >= 15 is 0 Å². The van der Waals surface area contributed by atoms with Crippen LogP contribution in [0.3, 0.4) is 0 Å². The highest BCUT2D eigenvalue weighted by atomic mass is 28.3. The van der Waals surface area contributed by atoms with Crippen molar-refractivity contribution in [1.29, 1.82) is 0 Å². The number of hydrogen-bond donors (Lipinski definition) is 0. The van der Waals surface area contributed by atoms with Gasteiger partial charge in [0.05, 0.1) is 19.6 Å². The van der Waals surface area contributed by atoms with E-state index in [2.05, 4.69) is 54.3 Å². The fourth-order valence-electron chi connectivity index (χ4n) is 1.41. The Morgan fingerprint density at radius 1 is 0.500 bits per heavy atom. The maximum atomic E-state index is 2.27. The summed E-state index contributed by atoms with van der Waals surface area (Å²) >= 11 is 0. The van der Waals surface area contributed by atoms with E-state index in [4.69, 9.17) is 0 Å². The van der Waals surface area contributed by atoms with Gasteiger partial charge in [-0.05, 0) is 29.6 Å². The van der Waals surface area contributed by atoms with E-state index in [1.54, 1.807) is 0 Å². The molecule has 0 bridgehead atoms. The molecule has 0 N–H and O–H groups in total. The van der Waals surface area contributed by atoms with E-state index in [0.717, 1.165) is 0 Å². The molecule has 1 saturated carbocycles. The molecule has 0 spiro atoms. The second kappa shape index (κ2) is 5.94. The fourth-order valence-corrected chi connectivity index (χ4v) is 1.41. The molecule has 1 fully saturated rings. The first-order valence-corrected chi connectivity index (χ1v) is 8.25. The first-order chi connectivity index (χ1) is 6.29. The van der Waals surface area contributed by atoms with Crippen molar-refractivity contribution in [3.05, 3.63) is 29.6 Å². The third-order valence-corrected chi connectivity index (χ3v) is 2.81. The minimum Gasteiger partial charge on any atom is -0.0579 e. The second-order valence-corrected chi connectivity index (χ2v) is 7.62. The van der Waals surface area contributed by atoms with Crippen LogP contribution in [0.1, 0.15) is 34.6 Å².